The summed E-state index contributed by atoms with van der Waals surface area (Å²) in [6, 6.07) is 102. The Labute approximate surface area is 665 Å². The Bertz CT molecular complexity index is 7840. The molecule has 22 rings (SSSR count). The second-order valence-electron chi connectivity index (χ2n) is 39.2. The van der Waals surface area contributed by atoms with Crippen LogP contribution in [0.1, 0.15) is 157 Å². The Hall–Kier alpha value is -12.1. The Morgan fingerprint density at radius 1 is 0.193 bits per heavy atom. The quantitative estimate of drug-likeness (QED) is 0.152. The number of hydrogen-bond acceptors (Lipinski definition) is 0. The van der Waals surface area contributed by atoms with E-state index in [1.807, 2.05) is 0 Å². The molecule has 0 aliphatic rings. The first kappa shape index (κ1) is 68.7. The molecule has 0 saturated carbocycles. The van der Waals surface area contributed by atoms with Crippen molar-refractivity contribution in [3.05, 3.63) is 300 Å². The van der Waals surface area contributed by atoms with Crippen LogP contribution in [-0.2, 0) is 38.9 Å². The molecule has 14 aromatic carbocycles. The van der Waals surface area contributed by atoms with Crippen LogP contribution in [0.25, 0.3) is 186 Å². The summed E-state index contributed by atoms with van der Waals surface area (Å²) >= 11 is 0. The van der Waals surface area contributed by atoms with Crippen molar-refractivity contribution in [3.8, 4) is 22.7 Å². The fourth-order valence-corrected chi connectivity index (χ4v) is 20.4. The molecular weight excluding hydrogens is 1380 g/mol. The second-order valence-corrected chi connectivity index (χ2v) is 39.2. The number of rotatable bonds is 7. The van der Waals surface area contributed by atoms with Crippen LogP contribution in [0.3, 0.4) is 0 Å². The normalized spacial score (nSPS) is 13.5. The number of benzene rings is 14. The zero-order valence-electron chi connectivity index (χ0n) is 68.7. The van der Waals surface area contributed by atoms with Gasteiger partial charge in [-0.3, -0.25) is 0 Å². The van der Waals surface area contributed by atoms with E-state index in [2.05, 4.69) is 406 Å². The lowest BCUT2D eigenvalue weighted by molar-refractivity contribution is 0.523. The van der Waals surface area contributed by atoms with Gasteiger partial charge in [-0.1, -0.05) is 239 Å². The molecule has 0 N–H and O–H groups in total. The maximum atomic E-state index is 2.59. The third-order valence-electron chi connectivity index (χ3n) is 26.4. The average molecular weight is 1480 g/mol. The molecule has 8 heterocycles. The van der Waals surface area contributed by atoms with Crippen molar-refractivity contribution < 1.29 is 0 Å². The van der Waals surface area contributed by atoms with Gasteiger partial charge in [0, 0.05) is 86.2 Å². The van der Waals surface area contributed by atoms with Gasteiger partial charge >= 0.3 is 0 Å². The average Bonchev–Trinajstić information content (AvgIpc) is 1.54. The summed E-state index contributed by atoms with van der Waals surface area (Å²) in [4.78, 5) is 0. The van der Waals surface area contributed by atoms with Gasteiger partial charge < -0.3 is 27.1 Å². The first-order chi connectivity index (χ1) is 54.5. The molecule has 0 bridgehead atoms. The van der Waals surface area contributed by atoms with Gasteiger partial charge in [0.2, 0.25) is 0 Å². The van der Waals surface area contributed by atoms with Gasteiger partial charge in [0.05, 0.1) is 100.0 Å². The fourth-order valence-electron chi connectivity index (χ4n) is 20.4. The summed E-state index contributed by atoms with van der Waals surface area (Å²) in [5.41, 5.74) is 30.9. The van der Waals surface area contributed by atoms with Crippen LogP contribution in [0.15, 0.2) is 261 Å². The van der Waals surface area contributed by atoms with Gasteiger partial charge in [-0.15, -0.1) is 0 Å². The lowest BCUT2D eigenvalue weighted by atomic mass is 9.78. The summed E-state index contributed by atoms with van der Waals surface area (Å²) in [6.07, 6.45) is 0.850. The molecule has 0 saturated heterocycles. The fraction of sp³-hybridized carbons (Fsp3) is 0.222. The molecule has 0 atom stereocenters. The van der Waals surface area contributed by atoms with Gasteiger partial charge in [-0.2, -0.15) is 0 Å². The molecule has 22 aromatic rings. The number of aromatic nitrogens is 6. The minimum Gasteiger partial charge on any atom is -0.309 e. The summed E-state index contributed by atoms with van der Waals surface area (Å²) < 4.78 is 15.4. The van der Waals surface area contributed by atoms with Gasteiger partial charge in [0.25, 0.3) is 0 Å². The van der Waals surface area contributed by atoms with Gasteiger partial charge in [-0.25, -0.2) is 0 Å². The third-order valence-corrected chi connectivity index (χ3v) is 26.4. The predicted octanol–water partition coefficient (Wildman–Crippen LogP) is 29.4. The topological polar surface area (TPSA) is 28.5 Å². The molecule has 0 aliphatic heterocycles. The highest BCUT2D eigenvalue weighted by molar-refractivity contribution is 6.30. The van der Waals surface area contributed by atoms with Gasteiger partial charge in [0.15, 0.2) is 0 Å². The van der Waals surface area contributed by atoms with Crippen LogP contribution in [0.5, 0.6) is 0 Å². The lowest BCUT2D eigenvalue weighted by Crippen LogP contribution is -2.20. The van der Waals surface area contributed by atoms with E-state index < -0.39 is 0 Å². The molecule has 558 valence electrons. The van der Waals surface area contributed by atoms with Crippen LogP contribution in [-0.4, -0.2) is 27.1 Å². The summed E-state index contributed by atoms with van der Waals surface area (Å²) in [5, 5.41) is 20.4. The Morgan fingerprint density at radius 3 is 0.728 bits per heavy atom. The van der Waals surface area contributed by atoms with E-state index in [-0.39, 0.29) is 32.5 Å². The first-order valence-corrected chi connectivity index (χ1v) is 41.2. The zero-order valence-corrected chi connectivity index (χ0v) is 68.7. The van der Waals surface area contributed by atoms with Crippen molar-refractivity contribution in [1.29, 1.82) is 0 Å². The van der Waals surface area contributed by atoms with E-state index in [1.54, 1.807) is 0 Å². The van der Waals surface area contributed by atoms with Crippen molar-refractivity contribution in [2.75, 3.05) is 0 Å². The van der Waals surface area contributed by atoms with E-state index in [4.69, 9.17) is 0 Å². The number of hydrogen-bond donors (Lipinski definition) is 0. The lowest BCUT2D eigenvalue weighted by Gasteiger charge is -2.26. The number of para-hydroxylation sites is 3. The van der Waals surface area contributed by atoms with Crippen molar-refractivity contribution in [2.24, 2.45) is 0 Å². The van der Waals surface area contributed by atoms with Crippen LogP contribution < -0.4 is 0 Å². The van der Waals surface area contributed by atoms with Crippen molar-refractivity contribution >= 4 is 163 Å². The molecule has 0 spiro atoms. The van der Waals surface area contributed by atoms with E-state index in [1.165, 1.54) is 225 Å². The van der Waals surface area contributed by atoms with Crippen molar-refractivity contribution in [1.82, 2.24) is 27.1 Å². The van der Waals surface area contributed by atoms with E-state index in [0.29, 0.717) is 0 Å². The molecule has 6 nitrogen and oxygen atoms in total. The molecule has 0 aliphatic carbocycles. The van der Waals surface area contributed by atoms with Crippen LogP contribution >= 0.6 is 0 Å². The third kappa shape index (κ3) is 9.60. The predicted molar refractivity (Wildman–Crippen MR) is 490 cm³/mol. The standard InChI is InChI=1S/C108H96N6/c1-103(2,3)63-41-48-83-75(55-63)69-26-18-19-31-81(69)109(83)89-32-22-36-93-97(89)70-27-20-28-71-98-90(33-23-37-94(98)113(93)101(70)71)110-82-47-40-62(54-74(82)76-56-64(104(4,5)6)42-49-84(76)110)61-108(16,17)68-46-53-88-80(60-68)79-59-67(107(13,14)15)45-52-87(79)112(88)92-35-25-39-96-100(92)73-30-21-29-72-99-91(34-24-38-95(99)114(96)102(72)73)111-85-50-43-65(105(7,8)9)57-77(85)78-58-66(106(10,11)12)44-51-86(78)111/h18-60H,61H2,1-17H3. The minimum absolute atomic E-state index is 0.00686. The van der Waals surface area contributed by atoms with Gasteiger partial charge in [-0.05, 0) is 217 Å². The van der Waals surface area contributed by atoms with Crippen molar-refractivity contribution in [2.45, 2.75) is 157 Å². The molecular formula is C108H96N6. The van der Waals surface area contributed by atoms with Gasteiger partial charge in [0.1, 0.15) is 0 Å². The minimum atomic E-state index is -0.254. The van der Waals surface area contributed by atoms with E-state index >= 15 is 0 Å². The number of nitrogens with zero attached hydrogens (tertiary/aromatic N) is 6. The molecule has 0 unspecified atom stereocenters. The number of fused-ring (bicyclic) bond motifs is 24. The van der Waals surface area contributed by atoms with Crippen molar-refractivity contribution in [3.63, 3.8) is 0 Å². The van der Waals surface area contributed by atoms with Crippen LogP contribution in [0.2, 0.25) is 0 Å². The highest BCUT2D eigenvalue weighted by Crippen LogP contribution is 2.51. The smallest absolute Gasteiger partial charge is 0.0622 e. The highest BCUT2D eigenvalue weighted by Gasteiger charge is 2.32. The molecule has 0 radical (unpaired) electrons. The summed E-state index contributed by atoms with van der Waals surface area (Å²) in [6.45, 7) is 39.9. The molecule has 0 amide bonds. The summed E-state index contributed by atoms with van der Waals surface area (Å²) in [5.74, 6) is 0. The Morgan fingerprint density at radius 2 is 0.421 bits per heavy atom. The highest BCUT2D eigenvalue weighted by atomic mass is 15.0. The zero-order chi connectivity index (χ0) is 78.2. The molecule has 0 fully saturated rings. The molecule has 114 heavy (non-hydrogen) atoms. The maximum absolute atomic E-state index is 2.59. The van der Waals surface area contributed by atoms with Crippen LogP contribution in [0.4, 0.5) is 0 Å². The largest absolute Gasteiger partial charge is 0.309 e. The maximum Gasteiger partial charge on any atom is 0.0622 e. The monoisotopic (exact) mass is 1480 g/mol. The van der Waals surface area contributed by atoms with E-state index in [0.717, 1.165) is 6.42 Å². The summed E-state index contributed by atoms with van der Waals surface area (Å²) in [7, 11) is 0. The second kappa shape index (κ2) is 23.1. The Balaban J connectivity index is 0.674. The first-order valence-electron chi connectivity index (χ1n) is 41.2. The van der Waals surface area contributed by atoms with E-state index in [9.17, 15) is 0 Å². The van der Waals surface area contributed by atoms with Crippen LogP contribution in [0, 0.1) is 0 Å². The SMILES string of the molecule is CC(C)(C)c1ccc2c(c1)c1ccccc1n2-c1cccc2c1c1cccc3c4c(-n5c6ccc(CC(C)(C)c7ccc8c(c7)c7cc(C(C)(C)C)ccc7n8-c7cccc8c7c7cccc9c%10c(-n%11c%12ccc(C(C)(C)C)cc%12c%12cc(C(C)(C)C)ccc%12%11)cccc%10n8c97)cc6c6cc(C(C)(C)C)ccc65)cccc4n2c13. The molecule has 8 aromatic heterocycles. The molecule has 6 heteroatoms. The Kier molecular flexibility index (Phi) is 13.9.